The van der Waals surface area contributed by atoms with Gasteiger partial charge >= 0.3 is 0 Å². The summed E-state index contributed by atoms with van der Waals surface area (Å²) in [5, 5.41) is 7.55. The third kappa shape index (κ3) is 5.79. The highest BCUT2D eigenvalue weighted by atomic mass is 35.5. The third-order valence-electron chi connectivity index (χ3n) is 3.58. The summed E-state index contributed by atoms with van der Waals surface area (Å²) in [7, 11) is 2.02. The van der Waals surface area contributed by atoms with Gasteiger partial charge in [0.05, 0.1) is 5.69 Å². The van der Waals surface area contributed by atoms with Crippen molar-refractivity contribution in [2.45, 2.75) is 12.8 Å². The van der Waals surface area contributed by atoms with Crippen molar-refractivity contribution < 1.29 is 13.9 Å². The number of rotatable bonds is 7. The highest BCUT2D eigenvalue weighted by Gasteiger charge is 2.11. The standard InChI is InChI=1S/C17H20ClFN5O2P/c1-10-6-12(3-5-15(10)24(21)9-22-20)26-8-16(25)23-11-2-4-14(18)13(7-11)17(19)27/h2-7,9,17H,8,20-21,27H2,1H3,(H,23,25)/b22-9-. The number of hydrogen-bond donors (Lipinski definition) is 3. The molecule has 7 nitrogen and oxygen atoms in total. The molecule has 2 aromatic rings. The number of amides is 1. The molecule has 0 heterocycles. The summed E-state index contributed by atoms with van der Waals surface area (Å²) >= 11 is 5.92. The van der Waals surface area contributed by atoms with Crippen LogP contribution in [0.4, 0.5) is 15.8 Å². The Kier molecular flexibility index (Phi) is 7.36. The van der Waals surface area contributed by atoms with Crippen molar-refractivity contribution in [1.82, 2.24) is 0 Å². The maximum atomic E-state index is 13.5. The average Bonchev–Trinajstić information content (AvgIpc) is 2.61. The molecule has 10 heteroatoms. The minimum absolute atomic E-state index is 0.215. The third-order valence-corrected chi connectivity index (χ3v) is 4.29. The number of nitrogens with one attached hydrogen (secondary N) is 1. The largest absolute Gasteiger partial charge is 0.484 e. The Morgan fingerprint density at radius 3 is 2.81 bits per heavy atom. The number of hydrazone groups is 1. The predicted octanol–water partition coefficient (Wildman–Crippen LogP) is 3.09. The van der Waals surface area contributed by atoms with Gasteiger partial charge in [-0.1, -0.05) is 20.8 Å². The topological polar surface area (TPSA) is 106 Å². The number of anilines is 2. The average molecular weight is 412 g/mol. The number of halogens is 2. The van der Waals surface area contributed by atoms with Crippen molar-refractivity contribution >= 4 is 44.5 Å². The quantitative estimate of drug-likeness (QED) is 0.213. The van der Waals surface area contributed by atoms with Crippen LogP contribution in [0.5, 0.6) is 5.75 Å². The molecule has 0 saturated carbocycles. The number of ether oxygens (including phenoxy) is 1. The van der Waals surface area contributed by atoms with E-state index in [1.807, 2.05) is 16.2 Å². The maximum Gasteiger partial charge on any atom is 0.262 e. The van der Waals surface area contributed by atoms with Gasteiger partial charge in [0.1, 0.15) is 18.0 Å². The smallest absolute Gasteiger partial charge is 0.262 e. The van der Waals surface area contributed by atoms with E-state index in [1.54, 1.807) is 24.3 Å². The number of carbonyl (C=O) groups is 1. The van der Waals surface area contributed by atoms with Gasteiger partial charge in [0, 0.05) is 16.3 Å². The molecule has 1 amide bonds. The van der Waals surface area contributed by atoms with E-state index in [0.717, 1.165) is 5.56 Å². The second-order valence-corrected chi connectivity index (χ2v) is 6.59. The van der Waals surface area contributed by atoms with Crippen LogP contribution in [0.1, 0.15) is 17.0 Å². The molecule has 0 radical (unpaired) electrons. The number of hydrogen-bond acceptors (Lipinski definition) is 5. The normalized spacial score (nSPS) is 12.0. The fourth-order valence-electron chi connectivity index (χ4n) is 2.32. The fourth-order valence-corrected chi connectivity index (χ4v) is 2.92. The molecule has 2 atom stereocenters. The van der Waals surface area contributed by atoms with E-state index in [2.05, 4.69) is 10.4 Å². The van der Waals surface area contributed by atoms with Crippen molar-refractivity contribution in [3.05, 3.63) is 52.5 Å². The Labute approximate surface area is 163 Å². The van der Waals surface area contributed by atoms with Gasteiger partial charge in [-0.25, -0.2) is 10.2 Å². The van der Waals surface area contributed by atoms with Crippen LogP contribution in [0, 0.1) is 6.92 Å². The number of hydrazine groups is 1. The van der Waals surface area contributed by atoms with Crippen molar-refractivity contribution in [3.8, 4) is 5.75 Å². The van der Waals surface area contributed by atoms with Gasteiger partial charge in [-0.3, -0.25) is 9.80 Å². The Hall–Kier alpha value is -2.41. The summed E-state index contributed by atoms with van der Waals surface area (Å²) in [5.74, 6) is 9.63. The van der Waals surface area contributed by atoms with E-state index in [1.165, 1.54) is 23.5 Å². The van der Waals surface area contributed by atoms with Crippen LogP contribution in [-0.4, -0.2) is 18.9 Å². The van der Waals surface area contributed by atoms with Crippen molar-refractivity contribution in [2.75, 3.05) is 16.9 Å². The lowest BCUT2D eigenvalue weighted by Crippen LogP contribution is -2.30. The summed E-state index contributed by atoms with van der Waals surface area (Å²) in [4.78, 5) is 12.1. The van der Waals surface area contributed by atoms with Crippen LogP contribution in [0.15, 0.2) is 41.5 Å². The van der Waals surface area contributed by atoms with E-state index in [9.17, 15) is 9.18 Å². The van der Waals surface area contributed by atoms with E-state index in [-0.39, 0.29) is 23.1 Å². The first-order valence-corrected chi connectivity index (χ1v) is 8.86. The molecule has 0 aliphatic carbocycles. The molecule has 0 bridgehead atoms. The lowest BCUT2D eigenvalue weighted by atomic mass is 10.2. The molecule has 0 fully saturated rings. The highest BCUT2D eigenvalue weighted by molar-refractivity contribution is 7.16. The molecule has 0 spiro atoms. The Morgan fingerprint density at radius 2 is 2.19 bits per heavy atom. The van der Waals surface area contributed by atoms with Crippen LogP contribution in [-0.2, 0) is 4.79 Å². The Bertz CT molecular complexity index is 850. The number of nitrogens with two attached hydrogens (primary N) is 2. The first-order valence-electron chi connectivity index (χ1n) is 7.81. The van der Waals surface area contributed by atoms with Gasteiger partial charge in [0.2, 0.25) is 0 Å². The molecular formula is C17H20ClFN5O2P. The van der Waals surface area contributed by atoms with Crippen LogP contribution in [0.25, 0.3) is 0 Å². The van der Waals surface area contributed by atoms with Gasteiger partial charge in [-0.05, 0) is 48.9 Å². The zero-order chi connectivity index (χ0) is 20.0. The number of carbonyl (C=O) groups excluding carboxylic acids is 1. The molecule has 27 heavy (non-hydrogen) atoms. The summed E-state index contributed by atoms with van der Waals surface area (Å²) < 4.78 is 19.0. The lowest BCUT2D eigenvalue weighted by Gasteiger charge is -2.16. The van der Waals surface area contributed by atoms with Gasteiger partial charge in [0.25, 0.3) is 5.91 Å². The SMILES string of the molecule is Cc1cc(OCC(=O)Nc2ccc(Cl)c(C(F)P)c2)ccc1N(N)/C=N\N. The zero-order valence-electron chi connectivity index (χ0n) is 14.5. The molecule has 2 aromatic carbocycles. The number of benzene rings is 2. The fraction of sp³-hybridized carbons (Fsp3) is 0.176. The van der Waals surface area contributed by atoms with Crippen molar-refractivity contribution in [2.24, 2.45) is 16.8 Å². The van der Waals surface area contributed by atoms with Crippen molar-refractivity contribution in [3.63, 3.8) is 0 Å². The summed E-state index contributed by atoms with van der Waals surface area (Å²) in [6.07, 6.45) is 1.27. The number of alkyl halides is 1. The molecule has 0 aromatic heterocycles. The van der Waals surface area contributed by atoms with Gasteiger partial charge in [0.15, 0.2) is 6.61 Å². The van der Waals surface area contributed by atoms with Crippen LogP contribution in [0.3, 0.4) is 0 Å². The maximum absolute atomic E-state index is 13.5. The second kappa shape index (κ2) is 9.50. The first-order chi connectivity index (χ1) is 12.8. The van der Waals surface area contributed by atoms with Crippen LogP contribution >= 0.6 is 20.8 Å². The first kappa shape index (κ1) is 20.9. The molecule has 5 N–H and O–H groups in total. The summed E-state index contributed by atoms with van der Waals surface area (Å²) in [6, 6.07) is 9.71. The predicted molar refractivity (Wildman–Crippen MR) is 110 cm³/mol. The molecule has 0 aliphatic heterocycles. The molecule has 0 saturated heterocycles. The van der Waals surface area contributed by atoms with Gasteiger partial charge in [-0.2, -0.15) is 5.10 Å². The van der Waals surface area contributed by atoms with Gasteiger partial charge < -0.3 is 15.9 Å². The number of aryl methyl sites for hydroxylation is 1. The Balaban J connectivity index is 1.98. The molecule has 144 valence electrons. The van der Waals surface area contributed by atoms with Crippen LogP contribution < -0.4 is 26.7 Å². The highest BCUT2D eigenvalue weighted by Crippen LogP contribution is 2.32. The minimum Gasteiger partial charge on any atom is -0.484 e. The van der Waals surface area contributed by atoms with Gasteiger partial charge in [-0.15, -0.1) is 0 Å². The molecule has 2 unspecified atom stereocenters. The molecular weight excluding hydrogens is 392 g/mol. The molecule has 0 aliphatic rings. The summed E-state index contributed by atoms with van der Waals surface area (Å²) in [5.41, 5.74) is 2.21. The second-order valence-electron chi connectivity index (χ2n) is 5.60. The Morgan fingerprint density at radius 1 is 1.44 bits per heavy atom. The minimum atomic E-state index is -1.32. The van der Waals surface area contributed by atoms with E-state index >= 15 is 0 Å². The van der Waals surface area contributed by atoms with E-state index in [4.69, 9.17) is 28.0 Å². The monoisotopic (exact) mass is 411 g/mol. The molecule has 2 rings (SSSR count). The lowest BCUT2D eigenvalue weighted by molar-refractivity contribution is -0.118. The van der Waals surface area contributed by atoms with E-state index < -0.39 is 5.91 Å². The zero-order valence-corrected chi connectivity index (χ0v) is 16.4. The number of nitrogens with zero attached hydrogens (tertiary/aromatic N) is 2. The van der Waals surface area contributed by atoms with Crippen molar-refractivity contribution in [1.29, 1.82) is 0 Å². The van der Waals surface area contributed by atoms with E-state index in [0.29, 0.717) is 17.1 Å². The summed E-state index contributed by atoms with van der Waals surface area (Å²) in [6.45, 7) is 1.62. The van der Waals surface area contributed by atoms with Crippen LogP contribution in [0.2, 0.25) is 5.02 Å².